The molecular formula is C10H12Cl2N2. The Hall–Kier alpha value is -0.470. The Balaban J connectivity index is 1.95. The van der Waals surface area contributed by atoms with Crippen molar-refractivity contribution in [3.05, 3.63) is 23.4 Å². The van der Waals surface area contributed by atoms with E-state index in [9.17, 15) is 0 Å². The highest BCUT2D eigenvalue weighted by atomic mass is 35.5. The van der Waals surface area contributed by atoms with Gasteiger partial charge in [-0.1, -0.05) is 11.6 Å². The van der Waals surface area contributed by atoms with E-state index in [1.54, 1.807) is 6.20 Å². The number of rotatable bonds is 4. The van der Waals surface area contributed by atoms with Gasteiger partial charge in [0.25, 0.3) is 0 Å². The number of aromatic nitrogens is 1. The van der Waals surface area contributed by atoms with Crippen LogP contribution in [0.15, 0.2) is 18.3 Å². The topological polar surface area (TPSA) is 24.9 Å². The fourth-order valence-electron chi connectivity index (χ4n) is 1.32. The van der Waals surface area contributed by atoms with E-state index in [1.807, 2.05) is 12.1 Å². The van der Waals surface area contributed by atoms with Gasteiger partial charge in [0.1, 0.15) is 5.82 Å². The summed E-state index contributed by atoms with van der Waals surface area (Å²) in [7, 11) is 0. The number of nitrogens with one attached hydrogen (secondary N) is 1. The number of alkyl halides is 1. The number of hydrogen-bond donors (Lipinski definition) is 1. The van der Waals surface area contributed by atoms with Crippen LogP contribution in [-0.4, -0.2) is 17.4 Å². The minimum absolute atomic E-state index is 0.294. The Labute approximate surface area is 93.6 Å². The van der Waals surface area contributed by atoms with E-state index in [-0.39, 0.29) is 0 Å². The molecule has 2 rings (SSSR count). The molecule has 0 aromatic carbocycles. The molecule has 1 aromatic rings. The van der Waals surface area contributed by atoms with Crippen LogP contribution in [0.25, 0.3) is 0 Å². The van der Waals surface area contributed by atoms with Crippen molar-refractivity contribution in [3.63, 3.8) is 0 Å². The number of nitrogens with zero attached hydrogens (tertiary/aromatic N) is 1. The summed E-state index contributed by atoms with van der Waals surface area (Å²) < 4.78 is 0. The highest BCUT2D eigenvalue weighted by Crippen LogP contribution is 2.46. The van der Waals surface area contributed by atoms with Crippen molar-refractivity contribution in [2.45, 2.75) is 12.8 Å². The van der Waals surface area contributed by atoms with Gasteiger partial charge in [0.2, 0.25) is 0 Å². The molecule has 0 aliphatic heterocycles. The summed E-state index contributed by atoms with van der Waals surface area (Å²) in [6, 6.07) is 3.65. The van der Waals surface area contributed by atoms with E-state index >= 15 is 0 Å². The van der Waals surface area contributed by atoms with Crippen molar-refractivity contribution in [2.75, 3.05) is 17.7 Å². The Morgan fingerprint density at radius 2 is 2.29 bits per heavy atom. The molecule has 0 atom stereocenters. The molecular weight excluding hydrogens is 219 g/mol. The largest absolute Gasteiger partial charge is 0.368 e. The van der Waals surface area contributed by atoms with E-state index in [0.717, 1.165) is 12.4 Å². The first-order valence-electron chi connectivity index (χ1n) is 4.66. The van der Waals surface area contributed by atoms with Crippen molar-refractivity contribution in [1.29, 1.82) is 0 Å². The smallest absolute Gasteiger partial charge is 0.144 e. The van der Waals surface area contributed by atoms with Gasteiger partial charge in [-0.2, -0.15) is 0 Å². The van der Waals surface area contributed by atoms with Crippen LogP contribution >= 0.6 is 23.2 Å². The van der Waals surface area contributed by atoms with Crippen LogP contribution in [0.2, 0.25) is 5.02 Å². The molecule has 1 aliphatic rings. The van der Waals surface area contributed by atoms with E-state index in [2.05, 4.69) is 10.3 Å². The standard InChI is InChI=1S/C10H12Cl2N2/c11-6-10(3-4-10)7-14-9-8(12)2-1-5-13-9/h1-2,5H,3-4,6-7H2,(H,13,14). The van der Waals surface area contributed by atoms with Gasteiger partial charge in [0.15, 0.2) is 0 Å². The monoisotopic (exact) mass is 230 g/mol. The number of hydrogen-bond acceptors (Lipinski definition) is 2. The Morgan fingerprint density at radius 3 is 2.86 bits per heavy atom. The SMILES string of the molecule is ClCC1(CNc2ncccc2Cl)CC1. The molecule has 2 nitrogen and oxygen atoms in total. The maximum absolute atomic E-state index is 5.96. The third-order valence-electron chi connectivity index (χ3n) is 2.63. The molecule has 1 aromatic heterocycles. The molecule has 1 fully saturated rings. The van der Waals surface area contributed by atoms with E-state index in [1.165, 1.54) is 12.8 Å². The van der Waals surface area contributed by atoms with Crippen LogP contribution < -0.4 is 5.32 Å². The molecule has 0 saturated heterocycles. The van der Waals surface area contributed by atoms with E-state index in [4.69, 9.17) is 23.2 Å². The van der Waals surface area contributed by atoms with Crippen molar-refractivity contribution in [1.82, 2.24) is 4.98 Å². The minimum Gasteiger partial charge on any atom is -0.368 e. The highest BCUT2D eigenvalue weighted by molar-refractivity contribution is 6.32. The van der Waals surface area contributed by atoms with Gasteiger partial charge in [-0.25, -0.2) is 4.98 Å². The number of anilines is 1. The first-order valence-corrected chi connectivity index (χ1v) is 5.57. The molecule has 4 heteroatoms. The van der Waals surface area contributed by atoms with Crippen LogP contribution in [0, 0.1) is 5.41 Å². The van der Waals surface area contributed by atoms with E-state index in [0.29, 0.717) is 16.3 Å². The zero-order valence-electron chi connectivity index (χ0n) is 7.76. The zero-order valence-corrected chi connectivity index (χ0v) is 9.28. The number of halogens is 2. The average Bonchev–Trinajstić information content (AvgIpc) is 2.98. The Kier molecular flexibility index (Phi) is 2.84. The Bertz CT molecular complexity index is 324. The predicted molar refractivity (Wildman–Crippen MR) is 60.1 cm³/mol. The number of pyridine rings is 1. The van der Waals surface area contributed by atoms with Crippen molar-refractivity contribution < 1.29 is 0 Å². The maximum atomic E-state index is 5.96. The summed E-state index contributed by atoms with van der Waals surface area (Å²) in [5, 5.41) is 3.90. The second kappa shape index (κ2) is 3.95. The molecule has 0 unspecified atom stereocenters. The Morgan fingerprint density at radius 1 is 1.50 bits per heavy atom. The lowest BCUT2D eigenvalue weighted by atomic mass is 10.1. The van der Waals surface area contributed by atoms with Gasteiger partial charge in [-0.3, -0.25) is 0 Å². The van der Waals surface area contributed by atoms with Crippen LogP contribution in [0.3, 0.4) is 0 Å². The summed E-state index contributed by atoms with van der Waals surface area (Å²) >= 11 is 11.8. The third kappa shape index (κ3) is 2.12. The average molecular weight is 231 g/mol. The maximum Gasteiger partial charge on any atom is 0.144 e. The summed E-state index contributed by atoms with van der Waals surface area (Å²) in [4.78, 5) is 4.16. The molecule has 0 bridgehead atoms. The van der Waals surface area contributed by atoms with Crippen LogP contribution in [0.5, 0.6) is 0 Å². The predicted octanol–water partition coefficient (Wildman–Crippen LogP) is 3.17. The van der Waals surface area contributed by atoms with Gasteiger partial charge in [0, 0.05) is 24.0 Å². The highest BCUT2D eigenvalue weighted by Gasteiger charge is 2.41. The minimum atomic E-state index is 0.294. The first kappa shape index (κ1) is 10.1. The molecule has 76 valence electrons. The van der Waals surface area contributed by atoms with Crippen molar-refractivity contribution in [3.8, 4) is 0 Å². The molecule has 14 heavy (non-hydrogen) atoms. The van der Waals surface area contributed by atoms with Gasteiger partial charge in [-0.15, -0.1) is 11.6 Å². The van der Waals surface area contributed by atoms with Gasteiger partial charge < -0.3 is 5.32 Å². The summed E-state index contributed by atoms with van der Waals surface area (Å²) in [6.07, 6.45) is 4.14. The molecule has 0 amide bonds. The molecule has 1 heterocycles. The third-order valence-corrected chi connectivity index (χ3v) is 3.50. The first-order chi connectivity index (χ1) is 6.76. The van der Waals surface area contributed by atoms with Gasteiger partial charge >= 0.3 is 0 Å². The van der Waals surface area contributed by atoms with Crippen LogP contribution in [-0.2, 0) is 0 Å². The fourth-order valence-corrected chi connectivity index (χ4v) is 1.87. The second-order valence-electron chi connectivity index (χ2n) is 3.82. The van der Waals surface area contributed by atoms with Crippen molar-refractivity contribution in [2.24, 2.45) is 5.41 Å². The lowest BCUT2D eigenvalue weighted by Crippen LogP contribution is -2.17. The van der Waals surface area contributed by atoms with E-state index < -0.39 is 0 Å². The van der Waals surface area contributed by atoms with Crippen LogP contribution in [0.4, 0.5) is 5.82 Å². The summed E-state index contributed by atoms with van der Waals surface area (Å²) in [5.41, 5.74) is 0.294. The molecule has 0 spiro atoms. The van der Waals surface area contributed by atoms with Gasteiger partial charge in [0.05, 0.1) is 5.02 Å². The summed E-state index contributed by atoms with van der Waals surface area (Å²) in [5.74, 6) is 1.47. The second-order valence-corrected chi connectivity index (χ2v) is 4.50. The molecule has 1 N–H and O–H groups in total. The molecule has 1 saturated carbocycles. The van der Waals surface area contributed by atoms with Crippen molar-refractivity contribution >= 4 is 29.0 Å². The fraction of sp³-hybridized carbons (Fsp3) is 0.500. The quantitative estimate of drug-likeness (QED) is 0.805. The molecule has 1 aliphatic carbocycles. The lowest BCUT2D eigenvalue weighted by Gasteiger charge is -2.13. The molecule has 0 radical (unpaired) electrons. The summed E-state index contributed by atoms with van der Waals surface area (Å²) in [6.45, 7) is 0.868. The lowest BCUT2D eigenvalue weighted by molar-refractivity contribution is 0.617. The normalized spacial score (nSPS) is 17.9. The van der Waals surface area contributed by atoms with Crippen LogP contribution in [0.1, 0.15) is 12.8 Å². The zero-order chi connectivity index (χ0) is 10.0. The van der Waals surface area contributed by atoms with Gasteiger partial charge in [-0.05, 0) is 25.0 Å².